The highest BCUT2D eigenvalue weighted by Crippen LogP contribution is 1.93. The van der Waals surface area contributed by atoms with Crippen molar-refractivity contribution in [2.24, 2.45) is 0 Å². The Bertz CT molecular complexity index is 560. The number of aliphatic hydroxyl groups is 3. The smallest absolute Gasteiger partial charge is 0.264 e. The predicted molar refractivity (Wildman–Crippen MR) is 110 cm³/mol. The van der Waals surface area contributed by atoms with E-state index in [0.29, 0.717) is 32.1 Å². The molecule has 0 saturated carbocycles. The summed E-state index contributed by atoms with van der Waals surface area (Å²) in [4.78, 5) is 0. The van der Waals surface area contributed by atoms with Crippen LogP contribution in [0.4, 0.5) is 0 Å². The molecule has 12 nitrogen and oxygen atoms in total. The first-order valence-electron chi connectivity index (χ1n) is 8.74. The summed E-state index contributed by atoms with van der Waals surface area (Å²) in [6, 6.07) is 0. The zero-order valence-electron chi connectivity index (χ0n) is 17.0. The summed E-state index contributed by atoms with van der Waals surface area (Å²) in [5, 5.41) is 25.1. The number of hydrogen-bond donors (Lipinski definition) is 6. The third-order valence-corrected chi connectivity index (χ3v) is 5.06. The van der Waals surface area contributed by atoms with Gasteiger partial charge in [-0.05, 0) is 32.1 Å². The minimum absolute atomic E-state index is 0.0804. The van der Waals surface area contributed by atoms with Crippen LogP contribution in [0, 0.1) is 0 Å². The van der Waals surface area contributed by atoms with Gasteiger partial charge in [-0.1, -0.05) is 20.8 Å². The molecule has 182 valence electrons. The Morgan fingerprint density at radius 1 is 0.655 bits per heavy atom. The highest BCUT2D eigenvalue weighted by Gasteiger charge is 1.99. The third kappa shape index (κ3) is 58.4. The zero-order chi connectivity index (χ0) is 24.1. The highest BCUT2D eigenvalue weighted by atomic mass is 32.2. The Hall–Kier alpha value is -0.390. The van der Waals surface area contributed by atoms with Gasteiger partial charge in [0.1, 0.15) is 0 Å². The van der Waals surface area contributed by atoms with Gasteiger partial charge in [0.25, 0.3) is 30.4 Å². The summed E-state index contributed by atoms with van der Waals surface area (Å²) in [6.45, 7) is 4.94. The lowest BCUT2D eigenvalue weighted by atomic mass is 10.2. The van der Waals surface area contributed by atoms with E-state index in [-0.39, 0.29) is 30.5 Å². The Balaban J connectivity index is -0.000000144. The van der Waals surface area contributed by atoms with Gasteiger partial charge in [-0.25, -0.2) is 0 Å². The molecule has 0 heterocycles. The second kappa shape index (κ2) is 20.9. The molecule has 0 saturated heterocycles. The fourth-order valence-corrected chi connectivity index (χ4v) is 2.74. The van der Waals surface area contributed by atoms with Gasteiger partial charge < -0.3 is 15.3 Å². The third-order valence-electron chi connectivity index (χ3n) is 2.29. The van der Waals surface area contributed by atoms with Gasteiger partial charge in [0.05, 0.1) is 30.0 Å². The van der Waals surface area contributed by atoms with Crippen LogP contribution in [0.3, 0.4) is 0 Å². The SMILES string of the molecule is CCCS(=O)(=O)O.CCCS(=O)(=O)O.CCCS(=O)(=O)O.OCCCC(O)CO. The molecule has 0 rings (SSSR count). The van der Waals surface area contributed by atoms with Crippen LogP contribution in [0.15, 0.2) is 0 Å². The average molecular weight is 493 g/mol. The lowest BCUT2D eigenvalue weighted by molar-refractivity contribution is 0.0817. The second-order valence-electron chi connectivity index (χ2n) is 5.56. The van der Waals surface area contributed by atoms with Crippen LogP contribution in [-0.2, 0) is 30.4 Å². The minimum Gasteiger partial charge on any atom is -0.396 e. The van der Waals surface area contributed by atoms with Crippen molar-refractivity contribution < 1.29 is 54.2 Å². The summed E-state index contributed by atoms with van der Waals surface area (Å²) in [5.41, 5.74) is 0. The van der Waals surface area contributed by atoms with Gasteiger partial charge in [-0.15, -0.1) is 0 Å². The second-order valence-corrected chi connectivity index (χ2v) is 10.3. The van der Waals surface area contributed by atoms with Crippen LogP contribution in [0.2, 0.25) is 0 Å². The first-order valence-corrected chi connectivity index (χ1v) is 13.6. The quantitative estimate of drug-likeness (QED) is 0.221. The van der Waals surface area contributed by atoms with E-state index in [1.807, 2.05) is 0 Å². The fourth-order valence-electron chi connectivity index (χ4n) is 1.19. The summed E-state index contributed by atoms with van der Waals surface area (Å²) < 4.78 is 82.7. The lowest BCUT2D eigenvalue weighted by Crippen LogP contribution is -2.11. The van der Waals surface area contributed by atoms with Crippen molar-refractivity contribution in [3.63, 3.8) is 0 Å². The van der Waals surface area contributed by atoms with E-state index in [1.54, 1.807) is 20.8 Å². The topological polar surface area (TPSA) is 224 Å². The fraction of sp³-hybridized carbons (Fsp3) is 1.00. The van der Waals surface area contributed by atoms with Crippen molar-refractivity contribution in [1.82, 2.24) is 0 Å². The summed E-state index contributed by atoms with van der Waals surface area (Å²) in [5.74, 6) is -0.396. The molecule has 0 aliphatic carbocycles. The maximum atomic E-state index is 9.79. The first-order chi connectivity index (χ1) is 13.0. The zero-order valence-corrected chi connectivity index (χ0v) is 19.5. The molecule has 0 bridgehead atoms. The number of rotatable bonds is 10. The molecule has 0 aromatic carbocycles. The van der Waals surface area contributed by atoms with Crippen molar-refractivity contribution >= 4 is 30.4 Å². The van der Waals surface area contributed by atoms with E-state index >= 15 is 0 Å². The Kier molecular flexibility index (Phi) is 25.9. The van der Waals surface area contributed by atoms with Crippen molar-refractivity contribution in [1.29, 1.82) is 0 Å². The van der Waals surface area contributed by atoms with Gasteiger partial charge >= 0.3 is 0 Å². The van der Waals surface area contributed by atoms with E-state index in [0.717, 1.165) is 0 Å². The van der Waals surface area contributed by atoms with Crippen molar-refractivity contribution in [2.75, 3.05) is 30.5 Å². The molecule has 0 aliphatic rings. The van der Waals surface area contributed by atoms with Crippen LogP contribution in [-0.4, -0.2) is 90.8 Å². The molecule has 0 aromatic heterocycles. The summed E-state index contributed by atoms with van der Waals surface area (Å²) in [7, 11) is -11.0. The summed E-state index contributed by atoms with van der Waals surface area (Å²) in [6.07, 6.45) is 1.80. The first kappa shape index (κ1) is 36.0. The largest absolute Gasteiger partial charge is 0.396 e. The van der Waals surface area contributed by atoms with Crippen LogP contribution in [0.5, 0.6) is 0 Å². The van der Waals surface area contributed by atoms with Gasteiger partial charge in [0, 0.05) is 6.61 Å². The number of hydrogen-bond acceptors (Lipinski definition) is 9. The van der Waals surface area contributed by atoms with Crippen LogP contribution in [0.25, 0.3) is 0 Å². The van der Waals surface area contributed by atoms with Gasteiger partial charge in [-0.3, -0.25) is 13.7 Å². The Labute approximate surface area is 174 Å². The van der Waals surface area contributed by atoms with Crippen molar-refractivity contribution in [3.05, 3.63) is 0 Å². The molecule has 29 heavy (non-hydrogen) atoms. The standard InChI is InChI=1S/C5H12O3.3C3H8O3S/c6-3-1-2-5(8)4-7;3*1-2-3-7(4,5)6/h5-8H,1-4H2;3*2-3H2,1H3,(H,4,5,6). The van der Waals surface area contributed by atoms with Crippen LogP contribution >= 0.6 is 0 Å². The molecule has 0 aromatic rings. The van der Waals surface area contributed by atoms with Crippen LogP contribution in [0.1, 0.15) is 52.9 Å². The maximum absolute atomic E-state index is 9.79. The van der Waals surface area contributed by atoms with Gasteiger partial charge in [0.15, 0.2) is 0 Å². The maximum Gasteiger partial charge on any atom is 0.264 e. The van der Waals surface area contributed by atoms with E-state index in [2.05, 4.69) is 0 Å². The van der Waals surface area contributed by atoms with E-state index in [1.165, 1.54) is 0 Å². The van der Waals surface area contributed by atoms with Gasteiger partial charge in [0.2, 0.25) is 0 Å². The summed E-state index contributed by atoms with van der Waals surface area (Å²) >= 11 is 0. The Morgan fingerprint density at radius 2 is 0.931 bits per heavy atom. The van der Waals surface area contributed by atoms with E-state index < -0.39 is 36.5 Å². The monoisotopic (exact) mass is 492 g/mol. The molecule has 0 spiro atoms. The predicted octanol–water partition coefficient (Wildman–Crippen LogP) is -0.0353. The van der Waals surface area contributed by atoms with Crippen molar-refractivity contribution in [2.45, 2.75) is 59.0 Å². The van der Waals surface area contributed by atoms with E-state index in [9.17, 15) is 25.3 Å². The minimum atomic E-state index is -3.67. The molecule has 0 amide bonds. The number of aliphatic hydroxyl groups excluding tert-OH is 3. The molecule has 1 atom stereocenters. The molecule has 1 unspecified atom stereocenters. The van der Waals surface area contributed by atoms with Gasteiger partial charge in [-0.2, -0.15) is 25.3 Å². The highest BCUT2D eigenvalue weighted by molar-refractivity contribution is 7.86. The van der Waals surface area contributed by atoms with Crippen molar-refractivity contribution in [3.8, 4) is 0 Å². The molecule has 6 N–H and O–H groups in total. The molecule has 15 heteroatoms. The van der Waals surface area contributed by atoms with Crippen LogP contribution < -0.4 is 0 Å². The molecule has 0 aliphatic heterocycles. The molecule has 0 fully saturated rings. The average Bonchev–Trinajstić information content (AvgIpc) is 2.51. The molecule has 0 radical (unpaired) electrons. The Morgan fingerprint density at radius 3 is 1.03 bits per heavy atom. The lowest BCUT2D eigenvalue weighted by Gasteiger charge is -2.02. The normalized spacial score (nSPS) is 12.3. The molecular formula is C14H36O12S3. The molecular weight excluding hydrogens is 456 g/mol. The van der Waals surface area contributed by atoms with E-state index in [4.69, 9.17) is 29.0 Å².